The standard InChI is InChI=1S/C21H27F2N3O3SSi/c1-31(2,3)8-7-29-12-26-11-13(10-24-26)16-9-15-14-5-4-6-21(28,20(22)23)18(14)25-19(27)17(15)30-16/h9-11,20,28H,4-8,12H2,1-3H3,(H,25,27). The minimum atomic E-state index is -2.96. The number of aryl methyl sites for hydroxylation is 1. The molecule has 0 amide bonds. The fourth-order valence-electron chi connectivity index (χ4n) is 3.91. The topological polar surface area (TPSA) is 80.1 Å². The molecule has 1 aliphatic rings. The normalized spacial score (nSPS) is 19.3. The molecule has 0 spiro atoms. The van der Waals surface area contributed by atoms with Gasteiger partial charge in [0.1, 0.15) is 11.4 Å². The van der Waals surface area contributed by atoms with Gasteiger partial charge in [-0.3, -0.25) is 4.79 Å². The Hall–Kier alpha value is -1.88. The van der Waals surface area contributed by atoms with E-state index in [1.807, 2.05) is 12.3 Å². The third-order valence-electron chi connectivity index (χ3n) is 5.72. The Balaban J connectivity index is 1.62. The van der Waals surface area contributed by atoms with Crippen molar-refractivity contribution in [1.29, 1.82) is 0 Å². The van der Waals surface area contributed by atoms with Gasteiger partial charge < -0.3 is 14.8 Å². The summed E-state index contributed by atoms with van der Waals surface area (Å²) in [7, 11) is -1.15. The summed E-state index contributed by atoms with van der Waals surface area (Å²) in [6.07, 6.45) is 1.51. The van der Waals surface area contributed by atoms with E-state index in [4.69, 9.17) is 4.74 Å². The van der Waals surface area contributed by atoms with E-state index in [9.17, 15) is 18.7 Å². The van der Waals surface area contributed by atoms with Crippen molar-refractivity contribution in [3.8, 4) is 10.4 Å². The molecule has 3 heterocycles. The summed E-state index contributed by atoms with van der Waals surface area (Å²) < 4.78 is 35.1. The van der Waals surface area contributed by atoms with Crippen LogP contribution in [0.15, 0.2) is 23.3 Å². The van der Waals surface area contributed by atoms with E-state index in [1.54, 1.807) is 10.9 Å². The maximum absolute atomic E-state index is 13.6. The summed E-state index contributed by atoms with van der Waals surface area (Å²) in [5.74, 6) is 0. The first-order chi connectivity index (χ1) is 14.6. The van der Waals surface area contributed by atoms with Gasteiger partial charge in [0.15, 0.2) is 5.60 Å². The summed E-state index contributed by atoms with van der Waals surface area (Å²) in [4.78, 5) is 16.0. The van der Waals surface area contributed by atoms with Crippen LogP contribution in [0, 0.1) is 0 Å². The summed E-state index contributed by atoms with van der Waals surface area (Å²) in [6.45, 7) is 7.94. The second-order valence-electron chi connectivity index (χ2n) is 9.36. The first-order valence-electron chi connectivity index (χ1n) is 10.4. The Morgan fingerprint density at radius 2 is 2.19 bits per heavy atom. The van der Waals surface area contributed by atoms with Gasteiger partial charge in [-0.15, -0.1) is 11.3 Å². The van der Waals surface area contributed by atoms with Crippen molar-refractivity contribution in [3.05, 3.63) is 40.1 Å². The third-order valence-corrected chi connectivity index (χ3v) is 8.61. The number of ether oxygens (including phenoxy) is 1. The number of alkyl halides is 2. The molecule has 3 aromatic heterocycles. The first-order valence-corrected chi connectivity index (χ1v) is 14.9. The van der Waals surface area contributed by atoms with Crippen LogP contribution in [0.2, 0.25) is 25.7 Å². The number of fused-ring (bicyclic) bond motifs is 3. The Labute approximate surface area is 183 Å². The molecule has 1 unspecified atom stereocenters. The number of hydrogen-bond acceptors (Lipinski definition) is 5. The molecule has 1 atom stereocenters. The van der Waals surface area contributed by atoms with Gasteiger partial charge in [-0.1, -0.05) is 19.6 Å². The number of aromatic nitrogens is 3. The van der Waals surface area contributed by atoms with Gasteiger partial charge in [-0.2, -0.15) is 5.10 Å². The van der Waals surface area contributed by atoms with Gasteiger partial charge in [0.05, 0.1) is 11.9 Å². The zero-order valence-electron chi connectivity index (χ0n) is 17.9. The van der Waals surface area contributed by atoms with Gasteiger partial charge >= 0.3 is 0 Å². The quantitative estimate of drug-likeness (QED) is 0.395. The molecule has 0 radical (unpaired) electrons. The summed E-state index contributed by atoms with van der Waals surface area (Å²) in [5, 5.41) is 15.5. The maximum atomic E-state index is 13.6. The number of nitrogens with zero attached hydrogens (tertiary/aromatic N) is 2. The molecule has 168 valence electrons. The zero-order valence-corrected chi connectivity index (χ0v) is 19.7. The number of aliphatic hydroxyl groups is 1. The Kier molecular flexibility index (Phi) is 5.93. The summed E-state index contributed by atoms with van der Waals surface area (Å²) >= 11 is 1.30. The van der Waals surface area contributed by atoms with E-state index in [0.29, 0.717) is 41.8 Å². The van der Waals surface area contributed by atoms with Crippen molar-refractivity contribution >= 4 is 29.5 Å². The summed E-state index contributed by atoms with van der Waals surface area (Å²) in [5.41, 5.74) is -1.35. The average Bonchev–Trinajstić information content (AvgIpc) is 3.33. The number of hydrogen-bond donors (Lipinski definition) is 2. The number of H-pyrrole nitrogens is 1. The minimum absolute atomic E-state index is 0.0397. The summed E-state index contributed by atoms with van der Waals surface area (Å²) in [6, 6.07) is 2.93. The van der Waals surface area contributed by atoms with Crippen LogP contribution in [0.3, 0.4) is 0 Å². The van der Waals surface area contributed by atoms with Crippen molar-refractivity contribution in [3.63, 3.8) is 0 Å². The van der Waals surface area contributed by atoms with E-state index in [1.165, 1.54) is 11.3 Å². The SMILES string of the molecule is C[Si](C)(C)CCOCn1cc(-c2cc3c4c([nH]c(=O)c3s2)C(O)(C(F)F)CCC4)cn1. The van der Waals surface area contributed by atoms with E-state index in [0.717, 1.165) is 16.5 Å². The highest BCUT2D eigenvalue weighted by molar-refractivity contribution is 7.22. The minimum Gasteiger partial charge on any atom is -0.378 e. The van der Waals surface area contributed by atoms with Crippen LogP contribution in [0.1, 0.15) is 24.1 Å². The largest absolute Gasteiger partial charge is 0.378 e. The molecule has 6 nitrogen and oxygen atoms in total. The van der Waals surface area contributed by atoms with Crippen molar-refractivity contribution < 1.29 is 18.6 Å². The van der Waals surface area contributed by atoms with Gasteiger partial charge in [0.25, 0.3) is 12.0 Å². The molecule has 31 heavy (non-hydrogen) atoms. The van der Waals surface area contributed by atoms with E-state index in [-0.39, 0.29) is 12.1 Å². The molecule has 0 saturated heterocycles. The van der Waals surface area contributed by atoms with E-state index in [2.05, 4.69) is 29.7 Å². The number of rotatable bonds is 7. The highest BCUT2D eigenvalue weighted by Gasteiger charge is 2.44. The molecule has 0 fully saturated rings. The fraction of sp³-hybridized carbons (Fsp3) is 0.524. The smallest absolute Gasteiger partial charge is 0.272 e. The lowest BCUT2D eigenvalue weighted by atomic mass is 9.82. The maximum Gasteiger partial charge on any atom is 0.272 e. The van der Waals surface area contributed by atoms with Gasteiger partial charge in [0.2, 0.25) is 0 Å². The number of nitrogens with one attached hydrogen (secondary N) is 1. The first kappa shape index (κ1) is 22.3. The number of halogens is 2. The van der Waals surface area contributed by atoms with Crippen molar-refractivity contribution in [2.45, 2.75) is 63.7 Å². The van der Waals surface area contributed by atoms with Crippen LogP contribution in [-0.4, -0.2) is 41.0 Å². The van der Waals surface area contributed by atoms with Crippen LogP contribution >= 0.6 is 11.3 Å². The molecule has 0 aromatic carbocycles. The average molecular weight is 468 g/mol. The third kappa shape index (κ3) is 4.39. The van der Waals surface area contributed by atoms with Crippen molar-refractivity contribution in [1.82, 2.24) is 14.8 Å². The molecule has 2 N–H and O–H groups in total. The second kappa shape index (κ2) is 8.23. The van der Waals surface area contributed by atoms with Crippen molar-refractivity contribution in [2.24, 2.45) is 0 Å². The fourth-order valence-corrected chi connectivity index (χ4v) is 5.72. The highest BCUT2D eigenvalue weighted by Crippen LogP contribution is 2.42. The van der Waals surface area contributed by atoms with Crippen LogP contribution in [0.25, 0.3) is 20.5 Å². The van der Waals surface area contributed by atoms with E-state index < -0.39 is 25.7 Å². The molecule has 3 aromatic rings. The van der Waals surface area contributed by atoms with Crippen LogP contribution in [-0.2, 0) is 23.5 Å². The van der Waals surface area contributed by atoms with Crippen LogP contribution < -0.4 is 5.56 Å². The molecule has 0 saturated carbocycles. The monoisotopic (exact) mass is 467 g/mol. The molecular weight excluding hydrogens is 440 g/mol. The molecule has 0 aliphatic heterocycles. The molecule has 10 heteroatoms. The molecule has 0 bridgehead atoms. The predicted octanol–water partition coefficient (Wildman–Crippen LogP) is 4.55. The van der Waals surface area contributed by atoms with E-state index >= 15 is 0 Å². The van der Waals surface area contributed by atoms with Crippen LogP contribution in [0.5, 0.6) is 0 Å². The molecule has 4 rings (SSSR count). The Bertz CT molecular complexity index is 1150. The van der Waals surface area contributed by atoms with Gasteiger partial charge in [-0.25, -0.2) is 13.5 Å². The number of aromatic amines is 1. The van der Waals surface area contributed by atoms with Gasteiger partial charge in [0, 0.05) is 36.7 Å². The Morgan fingerprint density at radius 3 is 2.90 bits per heavy atom. The lowest BCUT2D eigenvalue weighted by Crippen LogP contribution is -2.40. The second-order valence-corrected chi connectivity index (χ2v) is 16.0. The zero-order chi connectivity index (χ0) is 22.4. The molecule has 1 aliphatic carbocycles. The van der Waals surface area contributed by atoms with Crippen molar-refractivity contribution in [2.75, 3.05) is 6.61 Å². The predicted molar refractivity (Wildman–Crippen MR) is 121 cm³/mol. The lowest BCUT2D eigenvalue weighted by molar-refractivity contribution is -0.114. The Morgan fingerprint density at radius 1 is 1.42 bits per heavy atom. The number of thiophene rings is 1. The van der Waals surface area contributed by atoms with Gasteiger partial charge in [-0.05, 0) is 36.9 Å². The highest BCUT2D eigenvalue weighted by atomic mass is 32.1. The number of pyridine rings is 1. The lowest BCUT2D eigenvalue weighted by Gasteiger charge is -2.33. The van der Waals surface area contributed by atoms with Crippen LogP contribution in [0.4, 0.5) is 8.78 Å². The molecular formula is C21H27F2N3O3SSi.